The molecule has 12 heteroatoms. The maximum absolute atomic E-state index is 14.2. The molecule has 0 atom stereocenters. The Morgan fingerprint density at radius 2 is 1.77 bits per heavy atom. The van der Waals surface area contributed by atoms with Crippen LogP contribution in [-0.4, -0.2) is 43.8 Å². The Morgan fingerprint density at radius 3 is 2.26 bits per heavy atom. The average molecular weight is 468 g/mol. The lowest BCUT2D eigenvalue weighted by molar-refractivity contribution is -0.289. The first kappa shape index (κ1) is 23.3. The lowest BCUT2D eigenvalue weighted by Crippen LogP contribution is -2.46. The van der Waals surface area contributed by atoms with E-state index in [-0.39, 0.29) is 35.7 Å². The number of benzene rings is 1. The number of rotatable bonds is 4. The number of ether oxygens (including phenoxy) is 1. The number of nitrogens with one attached hydrogen (secondary N) is 1. The number of nitrogens with zero attached hydrogens (tertiary/aromatic N) is 1. The minimum Gasteiger partial charge on any atom is -0.481 e. The summed E-state index contributed by atoms with van der Waals surface area (Å²) in [6.45, 7) is 4.21. The lowest BCUT2D eigenvalue weighted by atomic mass is 9.88. The van der Waals surface area contributed by atoms with Gasteiger partial charge in [-0.2, -0.15) is 22.0 Å². The number of alkyl halides is 5. The number of sulfonamides is 1. The van der Waals surface area contributed by atoms with Crippen LogP contribution in [0.15, 0.2) is 17.8 Å². The Bertz CT molecular complexity index is 1080. The molecular formula is C19H21F5N2O4S. The Morgan fingerprint density at radius 1 is 1.16 bits per heavy atom. The van der Waals surface area contributed by atoms with Crippen LogP contribution in [0, 0.1) is 6.92 Å². The quantitative estimate of drug-likeness (QED) is 0.685. The van der Waals surface area contributed by atoms with Gasteiger partial charge in [-0.1, -0.05) is 0 Å². The monoisotopic (exact) mass is 468 g/mol. The van der Waals surface area contributed by atoms with Gasteiger partial charge in [-0.25, -0.2) is 8.42 Å². The van der Waals surface area contributed by atoms with E-state index in [4.69, 9.17) is 4.74 Å². The number of halogens is 5. The fourth-order valence-corrected chi connectivity index (χ4v) is 4.52. The molecule has 0 aromatic heterocycles. The molecule has 3 rings (SSSR count). The normalized spacial score (nSPS) is 19.4. The highest BCUT2D eigenvalue weighted by atomic mass is 32.2. The fraction of sp³-hybridized carbons (Fsp3) is 0.526. The fourth-order valence-electron chi connectivity index (χ4n) is 3.81. The highest BCUT2D eigenvalue weighted by Gasteiger charge is 2.60. The molecule has 0 bridgehead atoms. The first-order valence-electron chi connectivity index (χ1n) is 9.28. The number of hydrogen-bond acceptors (Lipinski definition) is 4. The SMILES string of the molecule is Cc1c(C(F)(F)C(F)(F)F)ccc2c1C(N1CCCC1=O)=C(NS(C)(=O)=O)C(C)(C)O2. The number of amides is 1. The van der Waals surface area contributed by atoms with E-state index in [0.29, 0.717) is 12.5 Å². The van der Waals surface area contributed by atoms with Crippen LogP contribution in [0.4, 0.5) is 22.0 Å². The molecule has 0 spiro atoms. The summed E-state index contributed by atoms with van der Waals surface area (Å²) in [4.78, 5) is 13.7. The van der Waals surface area contributed by atoms with E-state index >= 15 is 0 Å². The van der Waals surface area contributed by atoms with E-state index in [1.54, 1.807) is 0 Å². The van der Waals surface area contributed by atoms with Gasteiger partial charge in [0.1, 0.15) is 11.4 Å². The molecule has 0 saturated carbocycles. The predicted molar refractivity (Wildman–Crippen MR) is 102 cm³/mol. The van der Waals surface area contributed by atoms with Crippen LogP contribution in [0.1, 0.15) is 43.4 Å². The van der Waals surface area contributed by atoms with Crippen molar-refractivity contribution in [3.05, 3.63) is 34.5 Å². The van der Waals surface area contributed by atoms with Gasteiger partial charge < -0.3 is 9.64 Å². The zero-order chi connectivity index (χ0) is 23.6. The third-order valence-electron chi connectivity index (χ3n) is 5.19. The second-order valence-electron chi connectivity index (χ2n) is 8.04. The van der Waals surface area contributed by atoms with Crippen LogP contribution >= 0.6 is 0 Å². The summed E-state index contributed by atoms with van der Waals surface area (Å²) in [6, 6.07) is 1.62. The zero-order valence-electron chi connectivity index (χ0n) is 17.2. The Hall–Kier alpha value is -2.37. The predicted octanol–water partition coefficient (Wildman–Crippen LogP) is 3.66. The van der Waals surface area contributed by atoms with E-state index in [1.807, 2.05) is 0 Å². The average Bonchev–Trinajstić information content (AvgIpc) is 2.99. The smallest absolute Gasteiger partial charge is 0.458 e. The van der Waals surface area contributed by atoms with Crippen molar-refractivity contribution in [2.75, 3.05) is 12.8 Å². The minimum absolute atomic E-state index is 0.0297. The van der Waals surface area contributed by atoms with Gasteiger partial charge in [-0.15, -0.1) is 0 Å². The van der Waals surface area contributed by atoms with Crippen molar-refractivity contribution in [1.29, 1.82) is 0 Å². The first-order chi connectivity index (χ1) is 14.0. The van der Waals surface area contributed by atoms with Crippen LogP contribution in [-0.2, 0) is 20.7 Å². The summed E-state index contributed by atoms with van der Waals surface area (Å²) in [7, 11) is -3.91. The van der Waals surface area contributed by atoms with Gasteiger partial charge in [0.25, 0.3) is 0 Å². The van der Waals surface area contributed by atoms with E-state index < -0.39 is 44.8 Å². The minimum atomic E-state index is -5.85. The summed E-state index contributed by atoms with van der Waals surface area (Å²) in [5.74, 6) is -5.60. The van der Waals surface area contributed by atoms with Gasteiger partial charge in [0.15, 0.2) is 0 Å². The summed E-state index contributed by atoms with van der Waals surface area (Å²) < 4.78 is 99.7. The van der Waals surface area contributed by atoms with E-state index in [2.05, 4.69) is 4.72 Å². The number of carbonyl (C=O) groups is 1. The van der Waals surface area contributed by atoms with Crippen molar-refractivity contribution >= 4 is 21.6 Å². The largest absolute Gasteiger partial charge is 0.481 e. The molecule has 1 saturated heterocycles. The molecule has 6 nitrogen and oxygen atoms in total. The summed E-state index contributed by atoms with van der Waals surface area (Å²) in [6.07, 6.45) is -4.44. The van der Waals surface area contributed by atoms with Crippen LogP contribution in [0.3, 0.4) is 0 Å². The maximum atomic E-state index is 14.2. The number of hydrogen-bond donors (Lipinski definition) is 1. The standard InChI is InChI=1S/C19H21F5N2O4S/c1-10-11(18(20,21)19(22,23)24)7-8-12-14(10)15(26-9-5-6-13(26)27)16(17(2,3)30-12)25-31(4,28)29/h7-8,25H,5-6,9H2,1-4H3. The Labute approximate surface area is 176 Å². The molecule has 31 heavy (non-hydrogen) atoms. The highest BCUT2D eigenvalue weighted by molar-refractivity contribution is 7.88. The molecule has 1 fully saturated rings. The van der Waals surface area contributed by atoms with Crippen molar-refractivity contribution in [3.8, 4) is 5.75 Å². The molecule has 2 heterocycles. The second kappa shape index (κ2) is 7.07. The molecular weight excluding hydrogens is 447 g/mol. The highest BCUT2D eigenvalue weighted by Crippen LogP contribution is 2.50. The molecule has 2 aliphatic heterocycles. The molecule has 0 unspecified atom stereocenters. The molecule has 1 aromatic rings. The number of likely N-dealkylation sites (tertiary alicyclic amines) is 1. The van der Waals surface area contributed by atoms with Gasteiger partial charge in [0.05, 0.1) is 17.6 Å². The molecule has 1 amide bonds. The topological polar surface area (TPSA) is 75.7 Å². The van der Waals surface area contributed by atoms with E-state index in [0.717, 1.165) is 19.2 Å². The molecule has 1 aromatic carbocycles. The summed E-state index contributed by atoms with van der Waals surface area (Å²) >= 11 is 0. The third-order valence-corrected chi connectivity index (χ3v) is 5.77. The van der Waals surface area contributed by atoms with Crippen LogP contribution in [0.5, 0.6) is 5.75 Å². The maximum Gasteiger partial charge on any atom is 0.458 e. The van der Waals surface area contributed by atoms with Gasteiger partial charge in [-0.05, 0) is 44.9 Å². The van der Waals surface area contributed by atoms with Crippen molar-refractivity contribution in [2.45, 2.75) is 51.3 Å². The van der Waals surface area contributed by atoms with Crippen LogP contribution in [0.2, 0.25) is 0 Å². The lowest BCUT2D eigenvalue weighted by Gasteiger charge is -2.40. The van der Waals surface area contributed by atoms with Crippen molar-refractivity contribution in [2.24, 2.45) is 0 Å². The summed E-state index contributed by atoms with van der Waals surface area (Å²) in [5, 5.41) is 0. The van der Waals surface area contributed by atoms with Gasteiger partial charge in [-0.3, -0.25) is 9.52 Å². The third kappa shape index (κ3) is 3.97. The van der Waals surface area contributed by atoms with Crippen molar-refractivity contribution in [3.63, 3.8) is 0 Å². The van der Waals surface area contributed by atoms with Gasteiger partial charge in [0.2, 0.25) is 15.9 Å². The van der Waals surface area contributed by atoms with Crippen molar-refractivity contribution < 1.29 is 39.9 Å². The second-order valence-corrected chi connectivity index (χ2v) is 9.79. The molecule has 0 radical (unpaired) electrons. The van der Waals surface area contributed by atoms with Gasteiger partial charge >= 0.3 is 12.1 Å². The van der Waals surface area contributed by atoms with Crippen LogP contribution < -0.4 is 9.46 Å². The Balaban J connectivity index is 2.39. The van der Waals surface area contributed by atoms with E-state index in [9.17, 15) is 35.2 Å². The molecule has 0 aliphatic carbocycles. The molecule has 2 aliphatic rings. The van der Waals surface area contributed by atoms with E-state index in [1.165, 1.54) is 18.7 Å². The van der Waals surface area contributed by atoms with Crippen molar-refractivity contribution in [1.82, 2.24) is 9.62 Å². The Kier molecular flexibility index (Phi) is 5.32. The van der Waals surface area contributed by atoms with Crippen LogP contribution in [0.25, 0.3) is 5.70 Å². The first-order valence-corrected chi connectivity index (χ1v) is 11.2. The van der Waals surface area contributed by atoms with Gasteiger partial charge in [0, 0.05) is 24.1 Å². The number of carbonyl (C=O) groups excluding carboxylic acids is 1. The zero-order valence-corrected chi connectivity index (χ0v) is 18.0. The number of fused-ring (bicyclic) bond motifs is 1. The summed E-state index contributed by atoms with van der Waals surface area (Å²) in [5.41, 5.74) is -3.48. The molecule has 1 N–H and O–H groups in total. The molecule has 172 valence electrons.